The first-order chi connectivity index (χ1) is 9.08. The van der Waals surface area contributed by atoms with Gasteiger partial charge in [0.2, 0.25) is 0 Å². The maximum atomic E-state index is 5.78. The minimum atomic E-state index is -0.431. The molecule has 2 rings (SSSR count). The monoisotopic (exact) mass is 281 g/mol. The number of nitrogens with one attached hydrogen (secondary N) is 1. The molecule has 0 fully saturated rings. The number of nitrogens with zero attached hydrogens (tertiary/aromatic N) is 2. The average Bonchev–Trinajstić information content (AvgIpc) is 2.84. The summed E-state index contributed by atoms with van der Waals surface area (Å²) in [5.41, 5.74) is 2.01. The summed E-state index contributed by atoms with van der Waals surface area (Å²) in [6.07, 6.45) is 1.09. The Kier molecular flexibility index (Phi) is 4.68. The summed E-state index contributed by atoms with van der Waals surface area (Å²) in [4.78, 5) is 9.43. The maximum absolute atomic E-state index is 5.78. The summed E-state index contributed by atoms with van der Waals surface area (Å²) in [7, 11) is 0. The molecule has 19 heavy (non-hydrogen) atoms. The van der Waals surface area contributed by atoms with Crippen molar-refractivity contribution in [3.8, 4) is 0 Å². The third-order valence-corrected chi connectivity index (χ3v) is 4.13. The second kappa shape index (κ2) is 6.09. The van der Waals surface area contributed by atoms with Crippen molar-refractivity contribution in [3.63, 3.8) is 0 Å². The lowest BCUT2D eigenvalue weighted by Gasteiger charge is -2.24. The molecule has 1 aromatic rings. The highest BCUT2D eigenvalue weighted by atomic mass is 32.2. The summed E-state index contributed by atoms with van der Waals surface area (Å²) >= 11 is 1.90. The van der Waals surface area contributed by atoms with E-state index in [-0.39, 0.29) is 0 Å². The molecule has 0 saturated carbocycles. The summed E-state index contributed by atoms with van der Waals surface area (Å²) in [5.74, 6) is 3.78. The van der Waals surface area contributed by atoms with Crippen LogP contribution in [-0.4, -0.2) is 23.1 Å². The first kappa shape index (κ1) is 14.6. The lowest BCUT2D eigenvalue weighted by atomic mass is 10.1. The van der Waals surface area contributed by atoms with E-state index in [0.29, 0.717) is 6.61 Å². The van der Waals surface area contributed by atoms with Gasteiger partial charge in [0, 0.05) is 30.2 Å². The molecule has 0 amide bonds. The zero-order valence-electron chi connectivity index (χ0n) is 12.2. The van der Waals surface area contributed by atoms with Crippen LogP contribution in [0.5, 0.6) is 0 Å². The van der Waals surface area contributed by atoms with Gasteiger partial charge in [-0.1, -0.05) is 6.92 Å². The zero-order valence-corrected chi connectivity index (χ0v) is 13.1. The Bertz CT molecular complexity index is 449. The van der Waals surface area contributed by atoms with Gasteiger partial charge in [0.05, 0.1) is 5.69 Å². The first-order valence-electron chi connectivity index (χ1n) is 6.94. The van der Waals surface area contributed by atoms with Crippen LogP contribution in [0.15, 0.2) is 0 Å². The predicted octanol–water partition coefficient (Wildman–Crippen LogP) is 3.32. The van der Waals surface area contributed by atoms with Crippen LogP contribution in [-0.2, 0) is 21.8 Å². The van der Waals surface area contributed by atoms with E-state index in [9.17, 15) is 0 Å². The Morgan fingerprint density at radius 1 is 1.26 bits per heavy atom. The van der Waals surface area contributed by atoms with Crippen LogP contribution in [0.3, 0.4) is 0 Å². The zero-order chi connectivity index (χ0) is 13.9. The summed E-state index contributed by atoms with van der Waals surface area (Å²) in [5, 5.41) is 3.43. The van der Waals surface area contributed by atoms with E-state index in [4.69, 9.17) is 14.7 Å². The van der Waals surface area contributed by atoms with E-state index in [1.165, 1.54) is 11.3 Å². The van der Waals surface area contributed by atoms with E-state index in [0.717, 1.165) is 36.1 Å². The Hall–Kier alpha value is -0.810. The van der Waals surface area contributed by atoms with E-state index in [1.54, 1.807) is 0 Å². The molecule has 2 heterocycles. The number of hydrogen-bond donors (Lipinski definition) is 1. The molecule has 1 N–H and O–H groups in total. The van der Waals surface area contributed by atoms with E-state index in [2.05, 4.69) is 12.2 Å². The van der Waals surface area contributed by atoms with Crippen molar-refractivity contribution >= 4 is 17.6 Å². The van der Waals surface area contributed by atoms with Crippen LogP contribution in [0, 0.1) is 0 Å². The SMILES string of the molecule is CCCNc1nc(C(C)(C)OCC)nc2c1CSC2. The fraction of sp³-hybridized carbons (Fsp3) is 0.714. The standard InChI is InChI=1S/C14H23N3OS/c1-5-7-15-12-10-8-19-9-11(10)16-13(17-12)14(3,4)18-6-2/h5-9H2,1-4H3,(H,15,16,17). The van der Waals surface area contributed by atoms with Gasteiger partial charge in [-0.15, -0.1) is 0 Å². The molecule has 0 radical (unpaired) electrons. The van der Waals surface area contributed by atoms with Crippen molar-refractivity contribution in [1.82, 2.24) is 9.97 Å². The van der Waals surface area contributed by atoms with Gasteiger partial charge < -0.3 is 10.1 Å². The van der Waals surface area contributed by atoms with Gasteiger partial charge in [-0.2, -0.15) is 11.8 Å². The Morgan fingerprint density at radius 2 is 2.05 bits per heavy atom. The molecule has 0 aliphatic carbocycles. The minimum absolute atomic E-state index is 0.431. The molecule has 0 unspecified atom stereocenters. The molecule has 0 aromatic carbocycles. The molecule has 5 heteroatoms. The van der Waals surface area contributed by atoms with Crippen molar-refractivity contribution in [2.24, 2.45) is 0 Å². The fourth-order valence-corrected chi connectivity index (χ4v) is 3.18. The lowest BCUT2D eigenvalue weighted by molar-refractivity contribution is -0.0208. The number of thioether (sulfide) groups is 1. The largest absolute Gasteiger partial charge is 0.370 e. The van der Waals surface area contributed by atoms with Crippen LogP contribution in [0.2, 0.25) is 0 Å². The summed E-state index contributed by atoms with van der Waals surface area (Å²) < 4.78 is 5.78. The molecule has 0 spiro atoms. The third kappa shape index (κ3) is 3.20. The fourth-order valence-electron chi connectivity index (χ4n) is 2.14. The number of ether oxygens (including phenoxy) is 1. The van der Waals surface area contributed by atoms with Crippen LogP contribution < -0.4 is 5.32 Å². The molecule has 106 valence electrons. The van der Waals surface area contributed by atoms with Crippen LogP contribution in [0.25, 0.3) is 0 Å². The average molecular weight is 281 g/mol. The van der Waals surface area contributed by atoms with Crippen molar-refractivity contribution < 1.29 is 4.74 Å². The van der Waals surface area contributed by atoms with E-state index in [1.807, 2.05) is 32.5 Å². The normalized spacial score (nSPS) is 14.5. The predicted molar refractivity (Wildman–Crippen MR) is 80.5 cm³/mol. The number of fused-ring (bicyclic) bond motifs is 1. The second-order valence-electron chi connectivity index (χ2n) is 5.18. The summed E-state index contributed by atoms with van der Waals surface area (Å²) in [6.45, 7) is 9.84. The molecule has 1 aliphatic rings. The molecule has 0 atom stereocenters. The molecule has 4 nitrogen and oxygen atoms in total. The maximum Gasteiger partial charge on any atom is 0.162 e. The van der Waals surface area contributed by atoms with Crippen molar-refractivity contribution in [2.45, 2.75) is 51.2 Å². The number of anilines is 1. The molecule has 0 bridgehead atoms. The van der Waals surface area contributed by atoms with Crippen molar-refractivity contribution in [1.29, 1.82) is 0 Å². The van der Waals surface area contributed by atoms with Crippen molar-refractivity contribution in [2.75, 3.05) is 18.5 Å². The number of hydrogen-bond acceptors (Lipinski definition) is 5. The Balaban J connectivity index is 2.35. The molecule has 1 aromatic heterocycles. The Labute approximate surface area is 119 Å². The number of aromatic nitrogens is 2. The highest BCUT2D eigenvalue weighted by molar-refractivity contribution is 7.98. The topological polar surface area (TPSA) is 47.0 Å². The minimum Gasteiger partial charge on any atom is -0.370 e. The van der Waals surface area contributed by atoms with Gasteiger partial charge in [-0.05, 0) is 27.2 Å². The molecular formula is C14H23N3OS. The lowest BCUT2D eigenvalue weighted by Crippen LogP contribution is -2.26. The number of rotatable bonds is 6. The van der Waals surface area contributed by atoms with E-state index < -0.39 is 5.60 Å². The highest BCUT2D eigenvalue weighted by Crippen LogP contribution is 2.35. The molecular weight excluding hydrogens is 258 g/mol. The van der Waals surface area contributed by atoms with Crippen LogP contribution in [0.4, 0.5) is 5.82 Å². The van der Waals surface area contributed by atoms with Gasteiger partial charge >= 0.3 is 0 Å². The van der Waals surface area contributed by atoms with Gasteiger partial charge in [0.25, 0.3) is 0 Å². The third-order valence-electron chi connectivity index (χ3n) is 3.16. The summed E-state index contributed by atoms with van der Waals surface area (Å²) in [6, 6.07) is 0. The second-order valence-corrected chi connectivity index (χ2v) is 6.17. The molecule has 0 saturated heterocycles. The quantitative estimate of drug-likeness (QED) is 0.866. The van der Waals surface area contributed by atoms with Crippen LogP contribution >= 0.6 is 11.8 Å². The van der Waals surface area contributed by atoms with Crippen LogP contribution in [0.1, 0.15) is 51.2 Å². The van der Waals surface area contributed by atoms with Gasteiger partial charge in [-0.3, -0.25) is 0 Å². The van der Waals surface area contributed by atoms with Gasteiger partial charge in [0.1, 0.15) is 11.4 Å². The highest BCUT2D eigenvalue weighted by Gasteiger charge is 2.28. The van der Waals surface area contributed by atoms with E-state index >= 15 is 0 Å². The molecule has 1 aliphatic heterocycles. The van der Waals surface area contributed by atoms with Crippen molar-refractivity contribution in [3.05, 3.63) is 17.1 Å². The van der Waals surface area contributed by atoms with Gasteiger partial charge in [0.15, 0.2) is 5.82 Å². The smallest absolute Gasteiger partial charge is 0.162 e. The first-order valence-corrected chi connectivity index (χ1v) is 8.09. The van der Waals surface area contributed by atoms with Gasteiger partial charge in [-0.25, -0.2) is 9.97 Å². The Morgan fingerprint density at radius 3 is 2.74 bits per heavy atom.